The fraction of sp³-hybridized carbons (Fsp3) is 0.0909. The molecule has 0 fully saturated rings. The molecule has 32 heavy (non-hydrogen) atoms. The quantitative estimate of drug-likeness (QED) is 0.440. The average Bonchev–Trinajstić information content (AvgIpc) is 3.23. The molecule has 0 spiro atoms. The van der Waals surface area contributed by atoms with Gasteiger partial charge in [-0.25, -0.2) is 28.1 Å². The van der Waals surface area contributed by atoms with Crippen LogP contribution >= 0.6 is 0 Å². The lowest BCUT2D eigenvalue weighted by Crippen LogP contribution is -2.26. The first-order valence-electron chi connectivity index (χ1n) is 9.63. The lowest BCUT2D eigenvalue weighted by molar-refractivity contribution is 0.580. The van der Waals surface area contributed by atoms with Crippen LogP contribution in [0.1, 0.15) is 18.7 Å². The third-order valence-electron chi connectivity index (χ3n) is 5.13. The molecule has 2 N–H and O–H groups in total. The van der Waals surface area contributed by atoms with Crippen LogP contribution in [0.3, 0.4) is 0 Å². The van der Waals surface area contributed by atoms with Gasteiger partial charge in [0.15, 0.2) is 11.5 Å². The van der Waals surface area contributed by atoms with E-state index in [1.54, 1.807) is 13.0 Å². The molecule has 10 heteroatoms. The summed E-state index contributed by atoms with van der Waals surface area (Å²) in [7, 11) is 0. The number of aromatic nitrogens is 5. The van der Waals surface area contributed by atoms with Gasteiger partial charge >= 0.3 is 0 Å². The van der Waals surface area contributed by atoms with Gasteiger partial charge in [0.25, 0.3) is 5.56 Å². The van der Waals surface area contributed by atoms with Crippen molar-refractivity contribution in [3.8, 4) is 5.69 Å². The Morgan fingerprint density at radius 2 is 1.75 bits per heavy atom. The van der Waals surface area contributed by atoms with Gasteiger partial charge < -0.3 is 10.3 Å². The van der Waals surface area contributed by atoms with Crippen molar-refractivity contribution in [2.24, 2.45) is 0 Å². The predicted octanol–water partition coefficient (Wildman–Crippen LogP) is 4.25. The number of fused-ring (bicyclic) bond motifs is 2. The zero-order chi connectivity index (χ0) is 22.4. The van der Waals surface area contributed by atoms with Crippen LogP contribution in [0.2, 0.25) is 0 Å². The third kappa shape index (κ3) is 3.35. The second-order valence-electron chi connectivity index (χ2n) is 7.26. The number of hydrogen-bond acceptors (Lipinski definition) is 5. The lowest BCUT2D eigenvalue weighted by atomic mass is 10.1. The highest BCUT2D eigenvalue weighted by Gasteiger charge is 2.19. The Hall–Kier alpha value is -4.21. The van der Waals surface area contributed by atoms with E-state index in [1.807, 2.05) is 0 Å². The minimum atomic E-state index is -0.841. The monoisotopic (exact) mass is 436 g/mol. The molecule has 0 unspecified atom stereocenters. The summed E-state index contributed by atoms with van der Waals surface area (Å²) in [5.41, 5.74) is 0.778. The van der Waals surface area contributed by atoms with Crippen molar-refractivity contribution in [1.29, 1.82) is 0 Å². The van der Waals surface area contributed by atoms with E-state index in [-0.39, 0.29) is 11.1 Å². The van der Waals surface area contributed by atoms with Gasteiger partial charge in [-0.05, 0) is 42.6 Å². The van der Waals surface area contributed by atoms with Crippen LogP contribution in [0.25, 0.3) is 27.6 Å². The molecule has 0 saturated carbocycles. The summed E-state index contributed by atoms with van der Waals surface area (Å²) in [4.78, 5) is 28.7. The van der Waals surface area contributed by atoms with Crippen LogP contribution in [-0.2, 0) is 0 Å². The van der Waals surface area contributed by atoms with E-state index in [0.29, 0.717) is 34.1 Å². The Balaban J connectivity index is 1.73. The van der Waals surface area contributed by atoms with Crippen LogP contribution in [0.15, 0.2) is 59.9 Å². The second-order valence-corrected chi connectivity index (χ2v) is 7.26. The number of benzene rings is 2. The van der Waals surface area contributed by atoms with Crippen molar-refractivity contribution in [1.82, 2.24) is 24.5 Å². The van der Waals surface area contributed by atoms with E-state index in [1.165, 1.54) is 24.8 Å². The number of rotatable bonds is 4. The molecule has 0 aliphatic heterocycles. The highest BCUT2D eigenvalue weighted by molar-refractivity contribution is 5.84. The minimum absolute atomic E-state index is 0.0186. The van der Waals surface area contributed by atoms with Gasteiger partial charge in [0, 0.05) is 11.8 Å². The molecule has 3 aromatic heterocycles. The van der Waals surface area contributed by atoms with Crippen molar-refractivity contribution in [2.75, 3.05) is 5.32 Å². The molecular weight excluding hydrogens is 421 g/mol. The van der Waals surface area contributed by atoms with Gasteiger partial charge in [-0.2, -0.15) is 0 Å². The fourth-order valence-corrected chi connectivity index (χ4v) is 3.70. The number of imidazole rings is 1. The predicted molar refractivity (Wildman–Crippen MR) is 113 cm³/mol. The topological polar surface area (TPSA) is 88.5 Å². The Bertz CT molecular complexity index is 1520. The van der Waals surface area contributed by atoms with Crippen molar-refractivity contribution in [3.05, 3.63) is 88.6 Å². The summed E-state index contributed by atoms with van der Waals surface area (Å²) in [5.74, 6) is -1.86. The number of nitrogens with one attached hydrogen (secondary N) is 2. The van der Waals surface area contributed by atoms with Gasteiger partial charge in [-0.3, -0.25) is 9.36 Å². The number of hydrogen-bond donors (Lipinski definition) is 2. The number of H-pyrrole nitrogens is 1. The van der Waals surface area contributed by atoms with Crippen molar-refractivity contribution >= 4 is 27.8 Å². The molecule has 0 amide bonds. The molecule has 0 aliphatic rings. The van der Waals surface area contributed by atoms with Gasteiger partial charge in [0.1, 0.15) is 29.3 Å². The second kappa shape index (κ2) is 7.49. The summed E-state index contributed by atoms with van der Waals surface area (Å²) >= 11 is 0. The van der Waals surface area contributed by atoms with Gasteiger partial charge in [0.2, 0.25) is 0 Å². The Labute approximate surface area is 178 Å². The molecule has 2 aromatic carbocycles. The summed E-state index contributed by atoms with van der Waals surface area (Å²) in [5, 5.41) is 3.75. The molecule has 0 aliphatic carbocycles. The smallest absolute Gasteiger partial charge is 0.263 e. The number of anilines is 1. The summed E-state index contributed by atoms with van der Waals surface area (Å²) in [6.45, 7) is 1.76. The van der Waals surface area contributed by atoms with Crippen LogP contribution in [0, 0.1) is 17.5 Å². The maximum atomic E-state index is 14.0. The highest BCUT2D eigenvalue weighted by atomic mass is 19.1. The first-order valence-corrected chi connectivity index (χ1v) is 9.63. The van der Waals surface area contributed by atoms with E-state index >= 15 is 0 Å². The molecule has 5 aromatic rings. The maximum absolute atomic E-state index is 14.0. The van der Waals surface area contributed by atoms with Gasteiger partial charge in [-0.1, -0.05) is 6.07 Å². The first-order chi connectivity index (χ1) is 15.4. The zero-order valence-electron chi connectivity index (χ0n) is 16.6. The largest absolute Gasteiger partial charge is 0.360 e. The molecule has 160 valence electrons. The molecule has 3 heterocycles. The van der Waals surface area contributed by atoms with E-state index in [4.69, 9.17) is 0 Å². The SMILES string of the molecule is C[C@@H](Nc1ncnc2[nH]cnc12)c1cc2ccc(F)cc2c(=O)n1-c1cc(F)cc(F)c1. The summed E-state index contributed by atoms with van der Waals surface area (Å²) in [6.07, 6.45) is 2.83. The Kier molecular flexibility index (Phi) is 4.62. The van der Waals surface area contributed by atoms with Crippen LogP contribution in [0.4, 0.5) is 19.0 Å². The van der Waals surface area contributed by atoms with E-state index in [2.05, 4.69) is 25.3 Å². The van der Waals surface area contributed by atoms with E-state index in [0.717, 1.165) is 22.8 Å². The van der Waals surface area contributed by atoms with E-state index in [9.17, 15) is 18.0 Å². The molecule has 1 atom stereocenters. The number of nitrogens with zero attached hydrogens (tertiary/aromatic N) is 4. The molecule has 0 bridgehead atoms. The van der Waals surface area contributed by atoms with Crippen LogP contribution in [0.5, 0.6) is 0 Å². The molecule has 7 nitrogen and oxygen atoms in total. The Morgan fingerprint density at radius 3 is 2.53 bits per heavy atom. The number of pyridine rings is 1. The van der Waals surface area contributed by atoms with E-state index < -0.39 is 29.1 Å². The molecule has 5 rings (SSSR count). The van der Waals surface area contributed by atoms with Crippen LogP contribution in [-0.4, -0.2) is 24.5 Å². The standard InChI is InChI=1S/C22H15F3N6O/c1-11(30-21-19-20(27-9-26-19)28-10-29-21)18-4-12-2-3-13(23)8-17(12)22(32)31(18)16-6-14(24)5-15(25)7-16/h2-11H,1H3,(H2,26,27,28,29,30)/t11-/m1/s1. The summed E-state index contributed by atoms with van der Waals surface area (Å²) < 4.78 is 43.0. The number of aromatic amines is 1. The van der Waals surface area contributed by atoms with Crippen LogP contribution < -0.4 is 10.9 Å². The third-order valence-corrected chi connectivity index (χ3v) is 5.13. The minimum Gasteiger partial charge on any atom is -0.360 e. The summed E-state index contributed by atoms with van der Waals surface area (Å²) in [6, 6.07) is 7.74. The molecule has 0 saturated heterocycles. The van der Waals surface area contributed by atoms with Crippen molar-refractivity contribution < 1.29 is 13.2 Å². The average molecular weight is 436 g/mol. The highest BCUT2D eigenvalue weighted by Crippen LogP contribution is 2.26. The molecule has 0 radical (unpaired) electrons. The first kappa shape index (κ1) is 19.7. The normalized spacial score (nSPS) is 12.4. The van der Waals surface area contributed by atoms with Crippen molar-refractivity contribution in [3.63, 3.8) is 0 Å². The van der Waals surface area contributed by atoms with Gasteiger partial charge in [0.05, 0.1) is 23.4 Å². The molecular formula is C22H15F3N6O. The number of halogens is 3. The Morgan fingerprint density at radius 1 is 0.969 bits per heavy atom. The lowest BCUT2D eigenvalue weighted by Gasteiger charge is -2.21. The maximum Gasteiger partial charge on any atom is 0.263 e. The fourth-order valence-electron chi connectivity index (χ4n) is 3.70. The van der Waals surface area contributed by atoms with Crippen molar-refractivity contribution in [2.45, 2.75) is 13.0 Å². The zero-order valence-corrected chi connectivity index (χ0v) is 16.6. The van der Waals surface area contributed by atoms with Gasteiger partial charge in [-0.15, -0.1) is 0 Å².